The van der Waals surface area contributed by atoms with Crippen LogP contribution >= 0.6 is 11.3 Å². The number of hydrogen-bond donors (Lipinski definition) is 0. The second kappa shape index (κ2) is 11.6. The standard InChI is InChI=1S/C51H30N2OS/c1-2-12-31(13-3-1)34-25-27-40-39(29-34)37-26-24-35(30-43(37)51(40)41-17-7-9-19-44(41)54-45-20-10-8-18-42(45)51)47-49-48(38-16-6-11-21-46(38)55-49)53-50(52-47)36-23-22-32-14-4-5-15-33(32)28-36/h1-30H. The Kier molecular flexibility index (Phi) is 6.42. The zero-order valence-electron chi connectivity index (χ0n) is 29.5. The van der Waals surface area contributed by atoms with E-state index in [2.05, 4.69) is 182 Å². The molecule has 256 valence electrons. The van der Waals surface area contributed by atoms with E-state index in [-0.39, 0.29) is 0 Å². The summed E-state index contributed by atoms with van der Waals surface area (Å²) in [4.78, 5) is 10.8. The van der Waals surface area contributed by atoms with Crippen molar-refractivity contribution in [1.82, 2.24) is 9.97 Å². The highest BCUT2D eigenvalue weighted by molar-refractivity contribution is 7.26. The van der Waals surface area contributed by atoms with Crippen LogP contribution in [0.25, 0.3) is 76.0 Å². The van der Waals surface area contributed by atoms with E-state index in [1.807, 2.05) is 0 Å². The molecule has 1 aliphatic heterocycles. The molecule has 3 heterocycles. The topological polar surface area (TPSA) is 35.0 Å². The molecule has 4 heteroatoms. The number of ether oxygens (including phenoxy) is 1. The number of thiophene rings is 1. The fourth-order valence-electron chi connectivity index (χ4n) is 9.10. The first-order chi connectivity index (χ1) is 27.2. The number of fused-ring (bicyclic) bond motifs is 13. The van der Waals surface area contributed by atoms with Crippen molar-refractivity contribution in [2.75, 3.05) is 0 Å². The molecule has 1 aliphatic carbocycles. The molecule has 0 bridgehead atoms. The summed E-state index contributed by atoms with van der Waals surface area (Å²) in [5.74, 6) is 2.49. The third-order valence-electron chi connectivity index (χ3n) is 11.5. The molecule has 0 amide bonds. The van der Waals surface area contributed by atoms with E-state index < -0.39 is 5.41 Å². The predicted molar refractivity (Wildman–Crippen MR) is 226 cm³/mol. The average Bonchev–Trinajstić information content (AvgIpc) is 3.77. The summed E-state index contributed by atoms with van der Waals surface area (Å²) in [5, 5.41) is 3.52. The van der Waals surface area contributed by atoms with Crippen molar-refractivity contribution in [1.29, 1.82) is 0 Å². The van der Waals surface area contributed by atoms with Crippen LogP contribution < -0.4 is 4.74 Å². The van der Waals surface area contributed by atoms with Gasteiger partial charge in [0, 0.05) is 32.3 Å². The SMILES string of the molecule is c1ccc(-c2ccc3c(c2)-c2ccc(-c4nc(-c5ccc6ccccc6c5)nc5c4sc4ccccc45)cc2C32c3ccccc3Oc3ccccc32)cc1. The molecule has 0 atom stereocenters. The molecule has 3 nitrogen and oxygen atoms in total. The fourth-order valence-corrected chi connectivity index (χ4v) is 10.3. The Labute approximate surface area is 321 Å². The maximum absolute atomic E-state index is 6.67. The van der Waals surface area contributed by atoms with Gasteiger partial charge in [-0.15, -0.1) is 11.3 Å². The number of benzene rings is 8. The number of aromatic nitrogens is 2. The van der Waals surface area contributed by atoms with Gasteiger partial charge in [0.05, 0.1) is 21.3 Å². The highest BCUT2D eigenvalue weighted by atomic mass is 32.1. The molecule has 0 saturated heterocycles. The largest absolute Gasteiger partial charge is 0.457 e. The van der Waals surface area contributed by atoms with Gasteiger partial charge < -0.3 is 4.74 Å². The minimum absolute atomic E-state index is 0.602. The highest BCUT2D eigenvalue weighted by Gasteiger charge is 2.51. The Bertz CT molecular complexity index is 3150. The third kappa shape index (κ3) is 4.37. The molecule has 8 aromatic carbocycles. The normalized spacial score (nSPS) is 13.4. The Balaban J connectivity index is 1.16. The lowest BCUT2D eigenvalue weighted by atomic mass is 9.66. The van der Waals surface area contributed by atoms with Crippen LogP contribution in [0.15, 0.2) is 182 Å². The fraction of sp³-hybridized carbons (Fsp3) is 0.0196. The van der Waals surface area contributed by atoms with Crippen LogP contribution in [-0.2, 0) is 5.41 Å². The summed E-state index contributed by atoms with van der Waals surface area (Å²) in [6.07, 6.45) is 0. The van der Waals surface area contributed by atoms with Crippen LogP contribution in [0.3, 0.4) is 0 Å². The minimum Gasteiger partial charge on any atom is -0.457 e. The lowest BCUT2D eigenvalue weighted by Gasteiger charge is -2.39. The zero-order chi connectivity index (χ0) is 36.1. The van der Waals surface area contributed by atoms with E-state index in [1.54, 1.807) is 11.3 Å². The van der Waals surface area contributed by atoms with Gasteiger partial charge in [-0.2, -0.15) is 0 Å². The molecule has 1 spiro atoms. The van der Waals surface area contributed by atoms with Gasteiger partial charge in [-0.1, -0.05) is 146 Å². The molecule has 0 fully saturated rings. The summed E-state index contributed by atoms with van der Waals surface area (Å²) < 4.78 is 8.97. The Morgan fingerprint density at radius 3 is 1.96 bits per heavy atom. The molecule has 0 radical (unpaired) electrons. The maximum Gasteiger partial charge on any atom is 0.160 e. The van der Waals surface area contributed by atoms with Gasteiger partial charge in [0.15, 0.2) is 5.82 Å². The number of para-hydroxylation sites is 2. The van der Waals surface area contributed by atoms with Gasteiger partial charge in [-0.3, -0.25) is 0 Å². The van der Waals surface area contributed by atoms with Crippen molar-refractivity contribution in [2.24, 2.45) is 0 Å². The van der Waals surface area contributed by atoms with E-state index in [4.69, 9.17) is 14.7 Å². The molecular weight excluding hydrogens is 689 g/mol. The molecule has 55 heavy (non-hydrogen) atoms. The summed E-state index contributed by atoms with van der Waals surface area (Å²) in [7, 11) is 0. The average molecular weight is 719 g/mol. The number of nitrogens with zero attached hydrogens (tertiary/aromatic N) is 2. The number of rotatable bonds is 3. The van der Waals surface area contributed by atoms with Gasteiger partial charge >= 0.3 is 0 Å². The van der Waals surface area contributed by atoms with Crippen molar-refractivity contribution in [2.45, 2.75) is 5.41 Å². The molecule has 0 unspecified atom stereocenters. The molecule has 12 rings (SSSR count). The van der Waals surface area contributed by atoms with E-state index in [9.17, 15) is 0 Å². The molecule has 0 N–H and O–H groups in total. The van der Waals surface area contributed by atoms with Gasteiger partial charge in [0.25, 0.3) is 0 Å². The summed E-state index contributed by atoms with van der Waals surface area (Å²) in [5.41, 5.74) is 13.0. The van der Waals surface area contributed by atoms with E-state index in [0.29, 0.717) is 0 Å². The van der Waals surface area contributed by atoms with Gasteiger partial charge in [-0.05, 0) is 80.6 Å². The Morgan fingerprint density at radius 2 is 1.13 bits per heavy atom. The quantitative estimate of drug-likeness (QED) is 0.182. The van der Waals surface area contributed by atoms with E-state index in [0.717, 1.165) is 60.9 Å². The van der Waals surface area contributed by atoms with E-state index >= 15 is 0 Å². The zero-order valence-corrected chi connectivity index (χ0v) is 30.3. The molecule has 10 aromatic rings. The van der Waals surface area contributed by atoms with Crippen molar-refractivity contribution in [3.8, 4) is 56.4 Å². The minimum atomic E-state index is -0.602. The first-order valence-electron chi connectivity index (χ1n) is 18.6. The highest BCUT2D eigenvalue weighted by Crippen LogP contribution is 2.63. The van der Waals surface area contributed by atoms with Crippen LogP contribution in [0.4, 0.5) is 0 Å². The number of hydrogen-bond acceptors (Lipinski definition) is 4. The summed E-state index contributed by atoms with van der Waals surface area (Å²) in [6, 6.07) is 65.4. The Hall–Kier alpha value is -6.88. The van der Waals surface area contributed by atoms with Crippen molar-refractivity contribution in [3.63, 3.8) is 0 Å². The summed E-state index contributed by atoms with van der Waals surface area (Å²) in [6.45, 7) is 0. The van der Waals surface area contributed by atoms with E-state index in [1.165, 1.54) is 48.9 Å². The molecule has 0 saturated carbocycles. The Morgan fingerprint density at radius 1 is 0.436 bits per heavy atom. The third-order valence-corrected chi connectivity index (χ3v) is 12.7. The van der Waals surface area contributed by atoms with Crippen molar-refractivity contribution in [3.05, 3.63) is 204 Å². The first-order valence-corrected chi connectivity index (χ1v) is 19.5. The lowest BCUT2D eigenvalue weighted by Crippen LogP contribution is -2.32. The second-order valence-electron chi connectivity index (χ2n) is 14.5. The smallest absolute Gasteiger partial charge is 0.160 e. The molecule has 2 aromatic heterocycles. The second-order valence-corrected chi connectivity index (χ2v) is 15.5. The maximum atomic E-state index is 6.67. The molecular formula is C51H30N2OS. The van der Waals surface area contributed by atoms with Crippen LogP contribution in [0.5, 0.6) is 11.5 Å². The predicted octanol–water partition coefficient (Wildman–Crippen LogP) is 13.5. The van der Waals surface area contributed by atoms with Crippen LogP contribution in [-0.4, -0.2) is 9.97 Å². The van der Waals surface area contributed by atoms with Crippen LogP contribution in [0.1, 0.15) is 22.3 Å². The van der Waals surface area contributed by atoms with Crippen LogP contribution in [0, 0.1) is 0 Å². The van der Waals surface area contributed by atoms with Gasteiger partial charge in [0.2, 0.25) is 0 Å². The monoisotopic (exact) mass is 718 g/mol. The van der Waals surface area contributed by atoms with Crippen molar-refractivity contribution >= 4 is 42.4 Å². The van der Waals surface area contributed by atoms with Crippen LogP contribution in [0.2, 0.25) is 0 Å². The first kappa shape index (κ1) is 30.6. The summed E-state index contributed by atoms with van der Waals surface area (Å²) >= 11 is 1.77. The molecule has 2 aliphatic rings. The van der Waals surface area contributed by atoms with Gasteiger partial charge in [-0.25, -0.2) is 9.97 Å². The lowest BCUT2D eigenvalue weighted by molar-refractivity contribution is 0.436. The van der Waals surface area contributed by atoms with Gasteiger partial charge in [0.1, 0.15) is 11.5 Å². The van der Waals surface area contributed by atoms with Crippen molar-refractivity contribution < 1.29 is 4.74 Å².